The number of nitrogens with one attached hydrogen (secondary N) is 4. The van der Waals surface area contributed by atoms with Gasteiger partial charge in [0.1, 0.15) is 5.82 Å². The standard InChI is InChI=1S/C17H21Cl2N5O3S/c1-12-2-4-14(5-3-12)28(26,27)24-9-8-22-17(25)21-7-6-20-16-15(19)10-13(18)11-23-16/h2-5,10-11,24H,6-9H2,1H3,(H,20,23)(H2,21,22,25). The first-order valence-corrected chi connectivity index (χ1v) is 10.6. The summed E-state index contributed by atoms with van der Waals surface area (Å²) < 4.78 is 26.7. The molecule has 0 bridgehead atoms. The van der Waals surface area contributed by atoms with Crippen molar-refractivity contribution in [1.29, 1.82) is 0 Å². The third kappa shape index (κ3) is 7.16. The Balaban J connectivity index is 1.62. The molecule has 1 aromatic carbocycles. The van der Waals surface area contributed by atoms with E-state index in [-0.39, 0.29) is 18.0 Å². The van der Waals surface area contributed by atoms with E-state index in [0.29, 0.717) is 29.0 Å². The number of halogens is 2. The molecule has 28 heavy (non-hydrogen) atoms. The molecule has 0 unspecified atom stereocenters. The van der Waals surface area contributed by atoms with Crippen molar-refractivity contribution in [3.8, 4) is 0 Å². The number of hydrogen-bond donors (Lipinski definition) is 4. The lowest BCUT2D eigenvalue weighted by molar-refractivity contribution is 0.241. The zero-order chi connectivity index (χ0) is 20.6. The molecule has 0 aliphatic carbocycles. The summed E-state index contributed by atoms with van der Waals surface area (Å²) in [5.74, 6) is 0.471. The number of nitrogens with zero attached hydrogens (tertiary/aromatic N) is 1. The minimum atomic E-state index is -3.59. The van der Waals surface area contributed by atoms with Crippen molar-refractivity contribution in [3.05, 3.63) is 52.1 Å². The number of aromatic nitrogens is 1. The highest BCUT2D eigenvalue weighted by molar-refractivity contribution is 7.89. The van der Waals surface area contributed by atoms with E-state index < -0.39 is 16.1 Å². The van der Waals surface area contributed by atoms with Gasteiger partial charge in [0.25, 0.3) is 0 Å². The highest BCUT2D eigenvalue weighted by Crippen LogP contribution is 2.21. The number of aryl methyl sites for hydroxylation is 1. The Morgan fingerprint density at radius 1 is 1.04 bits per heavy atom. The molecule has 2 amide bonds. The van der Waals surface area contributed by atoms with Crippen LogP contribution in [0.3, 0.4) is 0 Å². The average molecular weight is 446 g/mol. The van der Waals surface area contributed by atoms with Gasteiger partial charge in [-0.3, -0.25) is 0 Å². The molecule has 152 valence electrons. The summed E-state index contributed by atoms with van der Waals surface area (Å²) in [6, 6.07) is 7.67. The Bertz CT molecular complexity index is 908. The molecule has 0 aliphatic rings. The lowest BCUT2D eigenvalue weighted by Gasteiger charge is -2.10. The Labute approximate surface area is 174 Å². The lowest BCUT2D eigenvalue weighted by atomic mass is 10.2. The van der Waals surface area contributed by atoms with Gasteiger partial charge in [-0.25, -0.2) is 22.9 Å². The summed E-state index contributed by atoms with van der Waals surface area (Å²) >= 11 is 11.7. The highest BCUT2D eigenvalue weighted by Gasteiger charge is 2.12. The van der Waals surface area contributed by atoms with Crippen molar-refractivity contribution in [3.63, 3.8) is 0 Å². The molecule has 8 nitrogen and oxygen atoms in total. The maximum atomic E-state index is 12.1. The van der Waals surface area contributed by atoms with E-state index in [1.807, 2.05) is 6.92 Å². The predicted molar refractivity (Wildman–Crippen MR) is 111 cm³/mol. The largest absolute Gasteiger partial charge is 0.367 e. The number of anilines is 1. The summed E-state index contributed by atoms with van der Waals surface area (Å²) in [5.41, 5.74) is 0.973. The predicted octanol–water partition coefficient (Wildman–Crippen LogP) is 2.39. The average Bonchev–Trinajstić information content (AvgIpc) is 2.64. The molecule has 0 spiro atoms. The molecule has 4 N–H and O–H groups in total. The van der Waals surface area contributed by atoms with Crippen LogP contribution in [-0.2, 0) is 10.0 Å². The molecule has 1 heterocycles. The van der Waals surface area contributed by atoms with E-state index in [0.717, 1.165) is 5.56 Å². The fourth-order valence-electron chi connectivity index (χ4n) is 2.13. The van der Waals surface area contributed by atoms with Crippen LogP contribution in [0.2, 0.25) is 10.0 Å². The van der Waals surface area contributed by atoms with Crippen molar-refractivity contribution in [1.82, 2.24) is 20.3 Å². The fourth-order valence-corrected chi connectivity index (χ4v) is 3.61. The van der Waals surface area contributed by atoms with Gasteiger partial charge in [0.05, 0.1) is 14.9 Å². The number of amides is 2. The lowest BCUT2D eigenvalue weighted by Crippen LogP contribution is -2.41. The Hall–Kier alpha value is -2.07. The quantitative estimate of drug-likeness (QED) is 0.442. The van der Waals surface area contributed by atoms with Gasteiger partial charge in [-0.05, 0) is 25.1 Å². The summed E-state index contributed by atoms with van der Waals surface area (Å²) in [6.07, 6.45) is 1.47. The van der Waals surface area contributed by atoms with Crippen LogP contribution in [0.4, 0.5) is 10.6 Å². The zero-order valence-electron chi connectivity index (χ0n) is 15.1. The first-order valence-electron chi connectivity index (χ1n) is 8.41. The van der Waals surface area contributed by atoms with Crippen molar-refractivity contribution in [2.24, 2.45) is 0 Å². The minimum Gasteiger partial charge on any atom is -0.367 e. The smallest absolute Gasteiger partial charge is 0.314 e. The van der Waals surface area contributed by atoms with Gasteiger partial charge in [0.15, 0.2) is 0 Å². The highest BCUT2D eigenvalue weighted by atomic mass is 35.5. The summed E-state index contributed by atoms with van der Waals surface area (Å²) in [4.78, 5) is 15.9. The number of benzene rings is 1. The van der Waals surface area contributed by atoms with Gasteiger partial charge in [0.2, 0.25) is 10.0 Å². The third-order valence-corrected chi connectivity index (χ3v) is 5.52. The topological polar surface area (TPSA) is 112 Å². The first-order chi connectivity index (χ1) is 13.3. The number of carbonyl (C=O) groups is 1. The second-order valence-corrected chi connectivity index (χ2v) is 8.41. The van der Waals surface area contributed by atoms with Gasteiger partial charge >= 0.3 is 6.03 Å². The van der Waals surface area contributed by atoms with E-state index in [1.165, 1.54) is 18.3 Å². The Morgan fingerprint density at radius 3 is 2.32 bits per heavy atom. The number of pyridine rings is 1. The van der Waals surface area contributed by atoms with Crippen LogP contribution in [0.15, 0.2) is 41.4 Å². The molecule has 2 rings (SSSR count). The number of carbonyl (C=O) groups excluding carboxylic acids is 1. The minimum absolute atomic E-state index is 0.0756. The van der Waals surface area contributed by atoms with Crippen LogP contribution in [0.5, 0.6) is 0 Å². The van der Waals surface area contributed by atoms with Gasteiger partial charge in [0, 0.05) is 32.4 Å². The first kappa shape index (κ1) is 22.2. The van der Waals surface area contributed by atoms with Crippen molar-refractivity contribution < 1.29 is 13.2 Å². The van der Waals surface area contributed by atoms with Crippen LogP contribution < -0.4 is 20.7 Å². The van der Waals surface area contributed by atoms with E-state index in [1.54, 1.807) is 18.2 Å². The molecule has 2 aromatic rings. The number of rotatable bonds is 9. The zero-order valence-corrected chi connectivity index (χ0v) is 17.5. The van der Waals surface area contributed by atoms with E-state index in [9.17, 15) is 13.2 Å². The molecule has 0 radical (unpaired) electrons. The molecule has 0 aliphatic heterocycles. The van der Waals surface area contributed by atoms with E-state index >= 15 is 0 Å². The van der Waals surface area contributed by atoms with Gasteiger partial charge in [-0.15, -0.1) is 0 Å². The SMILES string of the molecule is Cc1ccc(S(=O)(=O)NCCNC(=O)NCCNc2ncc(Cl)cc2Cl)cc1. The third-order valence-electron chi connectivity index (χ3n) is 3.54. The van der Waals surface area contributed by atoms with Gasteiger partial charge < -0.3 is 16.0 Å². The van der Waals surface area contributed by atoms with E-state index in [4.69, 9.17) is 23.2 Å². The molecular formula is C17H21Cl2N5O3S. The molecule has 1 aromatic heterocycles. The van der Waals surface area contributed by atoms with Crippen LogP contribution in [0.1, 0.15) is 5.56 Å². The molecule has 11 heteroatoms. The van der Waals surface area contributed by atoms with Crippen LogP contribution in [0.25, 0.3) is 0 Å². The second kappa shape index (κ2) is 10.5. The van der Waals surface area contributed by atoms with Crippen LogP contribution >= 0.6 is 23.2 Å². The molecule has 0 saturated heterocycles. The summed E-state index contributed by atoms with van der Waals surface area (Å²) in [7, 11) is -3.59. The van der Waals surface area contributed by atoms with Crippen LogP contribution in [0, 0.1) is 6.92 Å². The summed E-state index contributed by atoms with van der Waals surface area (Å²) in [5, 5.41) is 8.99. The normalized spacial score (nSPS) is 11.1. The number of urea groups is 1. The van der Waals surface area contributed by atoms with E-state index in [2.05, 4.69) is 25.7 Å². The molecule has 0 atom stereocenters. The second-order valence-electron chi connectivity index (χ2n) is 5.80. The Morgan fingerprint density at radius 2 is 1.68 bits per heavy atom. The van der Waals surface area contributed by atoms with Gasteiger partial charge in [-0.1, -0.05) is 40.9 Å². The Kier molecular flexibility index (Phi) is 8.31. The van der Waals surface area contributed by atoms with Crippen molar-refractivity contribution in [2.75, 3.05) is 31.5 Å². The van der Waals surface area contributed by atoms with Crippen LogP contribution in [-0.4, -0.2) is 45.6 Å². The molecule has 0 fully saturated rings. The fraction of sp³-hybridized carbons (Fsp3) is 0.294. The maximum Gasteiger partial charge on any atom is 0.314 e. The number of hydrogen-bond acceptors (Lipinski definition) is 5. The van der Waals surface area contributed by atoms with Gasteiger partial charge in [-0.2, -0.15) is 0 Å². The van der Waals surface area contributed by atoms with Crippen molar-refractivity contribution >= 4 is 45.1 Å². The molecule has 0 saturated carbocycles. The monoisotopic (exact) mass is 445 g/mol. The molecular weight excluding hydrogens is 425 g/mol. The number of sulfonamides is 1. The summed E-state index contributed by atoms with van der Waals surface area (Å²) in [6.45, 7) is 2.83. The van der Waals surface area contributed by atoms with Crippen molar-refractivity contribution in [2.45, 2.75) is 11.8 Å². The maximum absolute atomic E-state index is 12.1.